The summed E-state index contributed by atoms with van der Waals surface area (Å²) in [5, 5.41) is 3.17. The summed E-state index contributed by atoms with van der Waals surface area (Å²) in [6.07, 6.45) is 1.44. The largest absolute Gasteiger partial charge is 0.383 e. The number of para-hydroxylation sites is 1. The van der Waals surface area contributed by atoms with E-state index >= 15 is 0 Å². The minimum absolute atomic E-state index is 0.0577. The third kappa shape index (κ3) is 3.46. The van der Waals surface area contributed by atoms with Crippen LogP contribution in [0.2, 0.25) is 5.02 Å². The Kier molecular flexibility index (Phi) is 4.67. The van der Waals surface area contributed by atoms with Gasteiger partial charge in [0.15, 0.2) is 0 Å². The number of anilines is 2. The van der Waals surface area contributed by atoms with E-state index in [1.54, 1.807) is 30.3 Å². The third-order valence-electron chi connectivity index (χ3n) is 3.81. The lowest BCUT2D eigenvalue weighted by molar-refractivity contribution is 0.102. The van der Waals surface area contributed by atoms with Crippen molar-refractivity contribution >= 4 is 29.0 Å². The van der Waals surface area contributed by atoms with E-state index in [1.165, 1.54) is 18.3 Å². The van der Waals surface area contributed by atoms with Crippen molar-refractivity contribution in [1.82, 2.24) is 4.98 Å². The van der Waals surface area contributed by atoms with E-state index in [4.69, 9.17) is 17.3 Å². The number of aryl methyl sites for hydroxylation is 1. The molecule has 0 radical (unpaired) electrons. The summed E-state index contributed by atoms with van der Waals surface area (Å²) in [5.74, 6) is -0.802. The van der Waals surface area contributed by atoms with Crippen molar-refractivity contribution < 1.29 is 9.18 Å². The summed E-state index contributed by atoms with van der Waals surface area (Å²) in [6.45, 7) is 1.83. The molecule has 2 aromatic carbocycles. The van der Waals surface area contributed by atoms with Crippen LogP contribution in [0.3, 0.4) is 0 Å². The van der Waals surface area contributed by atoms with Gasteiger partial charge in [0.1, 0.15) is 11.6 Å². The first-order valence-electron chi connectivity index (χ1n) is 7.54. The predicted octanol–water partition coefficient (Wildman–Crippen LogP) is 4.68. The Balaban J connectivity index is 1.98. The normalized spacial score (nSPS) is 10.5. The van der Waals surface area contributed by atoms with Crippen LogP contribution < -0.4 is 11.1 Å². The van der Waals surface area contributed by atoms with Crippen LogP contribution in [0.25, 0.3) is 11.1 Å². The lowest BCUT2D eigenvalue weighted by Crippen LogP contribution is -2.16. The van der Waals surface area contributed by atoms with Crippen molar-refractivity contribution in [2.24, 2.45) is 0 Å². The Bertz CT molecular complexity index is 939. The molecule has 0 unspecified atom stereocenters. The molecule has 4 nitrogen and oxygen atoms in total. The van der Waals surface area contributed by atoms with Gasteiger partial charge in [-0.15, -0.1) is 0 Å². The SMILES string of the molecule is Cc1cccc(Cl)c1NC(=O)c1cc(-c2ccccc2F)cnc1N. The fourth-order valence-corrected chi connectivity index (χ4v) is 2.74. The highest BCUT2D eigenvalue weighted by Crippen LogP contribution is 2.28. The van der Waals surface area contributed by atoms with E-state index in [1.807, 2.05) is 13.0 Å². The van der Waals surface area contributed by atoms with Gasteiger partial charge in [-0.3, -0.25) is 4.79 Å². The summed E-state index contributed by atoms with van der Waals surface area (Å²) >= 11 is 6.14. The van der Waals surface area contributed by atoms with Crippen LogP contribution in [-0.2, 0) is 0 Å². The lowest BCUT2D eigenvalue weighted by Gasteiger charge is -2.12. The molecular formula is C19H15ClFN3O. The van der Waals surface area contributed by atoms with Crippen molar-refractivity contribution in [1.29, 1.82) is 0 Å². The van der Waals surface area contributed by atoms with Crippen molar-refractivity contribution in [3.63, 3.8) is 0 Å². The number of benzene rings is 2. The van der Waals surface area contributed by atoms with Crippen LogP contribution in [0.15, 0.2) is 54.7 Å². The first-order valence-corrected chi connectivity index (χ1v) is 7.92. The van der Waals surface area contributed by atoms with Gasteiger partial charge in [0.2, 0.25) is 0 Å². The topological polar surface area (TPSA) is 68.0 Å². The molecule has 1 aromatic heterocycles. The smallest absolute Gasteiger partial charge is 0.259 e. The zero-order chi connectivity index (χ0) is 18.0. The Morgan fingerprint density at radius 3 is 2.68 bits per heavy atom. The number of hydrogen-bond donors (Lipinski definition) is 2. The maximum atomic E-state index is 14.0. The number of aromatic nitrogens is 1. The van der Waals surface area contributed by atoms with E-state index in [-0.39, 0.29) is 11.4 Å². The van der Waals surface area contributed by atoms with Crippen molar-refractivity contribution in [2.45, 2.75) is 6.92 Å². The maximum absolute atomic E-state index is 14.0. The number of nitrogens with two attached hydrogens (primary N) is 1. The quantitative estimate of drug-likeness (QED) is 0.716. The number of carbonyl (C=O) groups excluding carboxylic acids is 1. The highest BCUT2D eigenvalue weighted by Gasteiger charge is 2.16. The average Bonchev–Trinajstić information content (AvgIpc) is 2.59. The van der Waals surface area contributed by atoms with Crippen LogP contribution in [0, 0.1) is 12.7 Å². The molecule has 6 heteroatoms. The minimum Gasteiger partial charge on any atom is -0.383 e. The van der Waals surface area contributed by atoms with E-state index < -0.39 is 11.7 Å². The van der Waals surface area contributed by atoms with Crippen LogP contribution >= 0.6 is 11.6 Å². The zero-order valence-corrected chi connectivity index (χ0v) is 14.1. The zero-order valence-electron chi connectivity index (χ0n) is 13.4. The molecule has 3 N–H and O–H groups in total. The van der Waals surface area contributed by atoms with E-state index in [0.29, 0.717) is 21.8 Å². The van der Waals surface area contributed by atoms with E-state index in [9.17, 15) is 9.18 Å². The molecule has 25 heavy (non-hydrogen) atoms. The summed E-state index contributed by atoms with van der Waals surface area (Å²) in [4.78, 5) is 16.6. The van der Waals surface area contributed by atoms with E-state index in [0.717, 1.165) is 5.56 Å². The Hall–Kier alpha value is -2.92. The molecule has 0 spiro atoms. The van der Waals surface area contributed by atoms with Crippen molar-refractivity contribution in [2.75, 3.05) is 11.1 Å². The monoisotopic (exact) mass is 355 g/mol. The average molecular weight is 356 g/mol. The van der Waals surface area contributed by atoms with Crippen LogP contribution in [-0.4, -0.2) is 10.9 Å². The summed E-state index contributed by atoms with van der Waals surface area (Å²) < 4.78 is 14.0. The van der Waals surface area contributed by atoms with Crippen LogP contribution in [0.1, 0.15) is 15.9 Å². The van der Waals surface area contributed by atoms with Crippen LogP contribution in [0.4, 0.5) is 15.9 Å². The number of amides is 1. The lowest BCUT2D eigenvalue weighted by atomic mass is 10.0. The molecule has 0 aliphatic rings. The van der Waals surface area contributed by atoms with Crippen LogP contribution in [0.5, 0.6) is 0 Å². The Morgan fingerprint density at radius 1 is 1.20 bits per heavy atom. The number of nitrogens with one attached hydrogen (secondary N) is 1. The predicted molar refractivity (Wildman–Crippen MR) is 98.2 cm³/mol. The van der Waals surface area contributed by atoms with Crippen molar-refractivity contribution in [3.8, 4) is 11.1 Å². The fourth-order valence-electron chi connectivity index (χ4n) is 2.47. The van der Waals surface area contributed by atoms with Gasteiger partial charge in [0.25, 0.3) is 5.91 Å². The molecule has 0 atom stereocenters. The van der Waals surface area contributed by atoms with Gasteiger partial charge in [0, 0.05) is 17.3 Å². The first kappa shape index (κ1) is 16.9. The second-order valence-electron chi connectivity index (χ2n) is 5.52. The number of pyridine rings is 1. The van der Waals surface area contributed by atoms with E-state index in [2.05, 4.69) is 10.3 Å². The Labute approximate surface area is 149 Å². The highest BCUT2D eigenvalue weighted by molar-refractivity contribution is 6.34. The number of hydrogen-bond acceptors (Lipinski definition) is 3. The molecule has 1 amide bonds. The second-order valence-corrected chi connectivity index (χ2v) is 5.93. The van der Waals surface area contributed by atoms with Crippen molar-refractivity contribution in [3.05, 3.63) is 76.7 Å². The summed E-state index contributed by atoms with van der Waals surface area (Å²) in [5.41, 5.74) is 8.12. The molecule has 3 aromatic rings. The van der Waals surface area contributed by atoms with Gasteiger partial charge >= 0.3 is 0 Å². The van der Waals surface area contributed by atoms with Gasteiger partial charge in [-0.2, -0.15) is 0 Å². The molecule has 0 aliphatic carbocycles. The number of nitrogen functional groups attached to an aromatic ring is 1. The third-order valence-corrected chi connectivity index (χ3v) is 4.12. The maximum Gasteiger partial charge on any atom is 0.259 e. The molecule has 1 heterocycles. The number of nitrogens with zero attached hydrogens (tertiary/aromatic N) is 1. The summed E-state index contributed by atoms with van der Waals surface area (Å²) in [7, 11) is 0. The molecule has 0 saturated heterocycles. The Morgan fingerprint density at radius 2 is 1.96 bits per heavy atom. The minimum atomic E-state index is -0.459. The number of rotatable bonds is 3. The molecule has 126 valence electrons. The molecule has 0 aliphatic heterocycles. The summed E-state index contributed by atoms with van der Waals surface area (Å²) in [6, 6.07) is 13.1. The van der Waals surface area contributed by atoms with Gasteiger partial charge in [-0.1, -0.05) is 41.9 Å². The van der Waals surface area contributed by atoms with Gasteiger partial charge < -0.3 is 11.1 Å². The highest BCUT2D eigenvalue weighted by atomic mass is 35.5. The molecular weight excluding hydrogens is 341 g/mol. The van der Waals surface area contributed by atoms with Gasteiger partial charge in [-0.25, -0.2) is 9.37 Å². The standard InChI is InChI=1S/C19H15ClFN3O/c1-11-5-4-7-15(20)17(11)24-19(25)14-9-12(10-23-18(14)22)13-6-2-3-8-16(13)21/h2-10H,1H3,(H2,22,23)(H,24,25). The fraction of sp³-hybridized carbons (Fsp3) is 0.0526. The molecule has 0 bridgehead atoms. The van der Waals surface area contributed by atoms with Gasteiger partial charge in [-0.05, 0) is 30.7 Å². The van der Waals surface area contributed by atoms with Gasteiger partial charge in [0.05, 0.1) is 16.3 Å². The molecule has 0 saturated carbocycles. The molecule has 3 rings (SSSR count). The number of halogens is 2. The first-order chi connectivity index (χ1) is 12.0. The molecule has 0 fully saturated rings. The second kappa shape index (κ2) is 6.91. The number of carbonyl (C=O) groups is 1.